The summed E-state index contributed by atoms with van der Waals surface area (Å²) in [4.78, 5) is 5.56. The summed E-state index contributed by atoms with van der Waals surface area (Å²) in [6.07, 6.45) is 0. The van der Waals surface area contributed by atoms with E-state index in [-0.39, 0.29) is 17.0 Å². The molecule has 3 nitrogen and oxygen atoms in total. The summed E-state index contributed by atoms with van der Waals surface area (Å²) in [5, 5.41) is 0.578. The van der Waals surface area contributed by atoms with Crippen LogP contribution in [0.3, 0.4) is 0 Å². The van der Waals surface area contributed by atoms with Gasteiger partial charge in [0.05, 0.1) is 17.7 Å². The number of methoxy groups -OCH3 is 1. The molecule has 0 bridgehead atoms. The Morgan fingerprint density at radius 3 is 2.24 bits per heavy atom. The van der Waals surface area contributed by atoms with Crippen molar-refractivity contribution in [3.63, 3.8) is 0 Å². The van der Waals surface area contributed by atoms with Crippen molar-refractivity contribution in [2.75, 3.05) is 12.8 Å². The molecular weight excluding hydrogens is 348 g/mol. The molecule has 0 unspecified atom stereocenters. The van der Waals surface area contributed by atoms with Crippen LogP contribution in [0.1, 0.15) is 0 Å². The number of hydrogen-bond donors (Lipinski definition) is 1. The van der Waals surface area contributed by atoms with Crippen molar-refractivity contribution < 1.29 is 4.74 Å². The van der Waals surface area contributed by atoms with Gasteiger partial charge in [-0.3, -0.25) is 0 Å². The van der Waals surface area contributed by atoms with Crippen LogP contribution in [0.4, 0.5) is 5.13 Å². The van der Waals surface area contributed by atoms with Crippen LogP contribution in [0, 0.1) is 0 Å². The molecule has 0 radical (unpaired) electrons. The molecule has 3 rings (SSSR count). The van der Waals surface area contributed by atoms with E-state index in [1.807, 2.05) is 42.5 Å². The maximum atomic E-state index is 5.89. The molecule has 0 amide bonds. The molecule has 3 aromatic rings. The Balaban J connectivity index is 0.00000161. The first kappa shape index (κ1) is 15.5. The fraction of sp³-hybridized carbons (Fsp3) is 0.0625. The highest BCUT2D eigenvalue weighted by Gasteiger charge is 2.13. The third kappa shape index (κ3) is 3.25. The minimum Gasteiger partial charge on any atom is -0.497 e. The van der Waals surface area contributed by atoms with E-state index in [1.54, 1.807) is 7.11 Å². The summed E-state index contributed by atoms with van der Waals surface area (Å²) >= 11 is 1.51. The summed E-state index contributed by atoms with van der Waals surface area (Å²) in [7, 11) is 1.66. The first-order chi connectivity index (χ1) is 9.78. The molecule has 108 valence electrons. The largest absolute Gasteiger partial charge is 0.497 e. The maximum absolute atomic E-state index is 5.89. The lowest BCUT2D eigenvalue weighted by Gasteiger charge is -2.04. The number of nitrogen functional groups attached to an aromatic ring is 1. The number of thiazole rings is 1. The SMILES string of the molecule is Br.COc1ccc(-c2nc(N)sc2-c2ccccc2)cc1. The number of halogens is 1. The lowest BCUT2D eigenvalue weighted by atomic mass is 10.1. The van der Waals surface area contributed by atoms with Crippen LogP contribution >= 0.6 is 28.3 Å². The van der Waals surface area contributed by atoms with E-state index in [4.69, 9.17) is 10.5 Å². The molecule has 1 heterocycles. The quantitative estimate of drug-likeness (QED) is 0.737. The summed E-state index contributed by atoms with van der Waals surface area (Å²) in [6, 6.07) is 18.0. The Kier molecular flexibility index (Phi) is 4.98. The van der Waals surface area contributed by atoms with Gasteiger partial charge in [-0.15, -0.1) is 17.0 Å². The van der Waals surface area contributed by atoms with Crippen molar-refractivity contribution in [2.24, 2.45) is 0 Å². The minimum absolute atomic E-state index is 0. The molecule has 0 fully saturated rings. The molecule has 21 heavy (non-hydrogen) atoms. The van der Waals surface area contributed by atoms with E-state index in [0.717, 1.165) is 27.4 Å². The summed E-state index contributed by atoms with van der Waals surface area (Å²) in [5.74, 6) is 0.832. The van der Waals surface area contributed by atoms with Gasteiger partial charge in [0.25, 0.3) is 0 Å². The Morgan fingerprint density at radius 2 is 1.62 bits per heavy atom. The van der Waals surface area contributed by atoms with Gasteiger partial charge in [-0.2, -0.15) is 0 Å². The van der Waals surface area contributed by atoms with Gasteiger partial charge in [-0.1, -0.05) is 41.7 Å². The van der Waals surface area contributed by atoms with Crippen LogP contribution in [0.25, 0.3) is 21.7 Å². The van der Waals surface area contributed by atoms with Crippen LogP contribution in [-0.4, -0.2) is 12.1 Å². The molecule has 1 aromatic heterocycles. The fourth-order valence-electron chi connectivity index (χ4n) is 2.07. The second-order valence-electron chi connectivity index (χ2n) is 4.32. The molecule has 0 spiro atoms. The van der Waals surface area contributed by atoms with Crippen LogP contribution in [-0.2, 0) is 0 Å². The third-order valence-electron chi connectivity index (χ3n) is 3.04. The van der Waals surface area contributed by atoms with Crippen molar-refractivity contribution in [2.45, 2.75) is 0 Å². The van der Waals surface area contributed by atoms with Gasteiger partial charge in [0.15, 0.2) is 5.13 Å². The summed E-state index contributed by atoms with van der Waals surface area (Å²) in [6.45, 7) is 0. The summed E-state index contributed by atoms with van der Waals surface area (Å²) in [5.41, 5.74) is 8.98. The highest BCUT2D eigenvalue weighted by atomic mass is 79.9. The zero-order chi connectivity index (χ0) is 13.9. The molecular formula is C16H15BrN2OS. The zero-order valence-electron chi connectivity index (χ0n) is 11.4. The summed E-state index contributed by atoms with van der Waals surface area (Å²) < 4.78 is 5.18. The Morgan fingerprint density at radius 1 is 0.952 bits per heavy atom. The number of nitrogens with two attached hydrogens (primary N) is 1. The molecule has 0 aliphatic rings. The van der Waals surface area contributed by atoms with E-state index in [9.17, 15) is 0 Å². The van der Waals surface area contributed by atoms with Crippen molar-refractivity contribution in [3.05, 3.63) is 54.6 Å². The molecule has 0 saturated heterocycles. The molecule has 0 atom stereocenters. The maximum Gasteiger partial charge on any atom is 0.181 e. The molecule has 0 aliphatic carbocycles. The van der Waals surface area contributed by atoms with Gasteiger partial charge < -0.3 is 10.5 Å². The predicted molar refractivity (Wildman–Crippen MR) is 94.3 cm³/mol. The Bertz CT molecular complexity index is 711. The molecule has 5 heteroatoms. The van der Waals surface area contributed by atoms with Crippen LogP contribution in [0.15, 0.2) is 54.6 Å². The number of ether oxygens (including phenoxy) is 1. The first-order valence-corrected chi connectivity index (χ1v) is 7.06. The molecule has 2 N–H and O–H groups in total. The Labute approximate surface area is 138 Å². The van der Waals surface area contributed by atoms with Crippen LogP contribution in [0.2, 0.25) is 0 Å². The van der Waals surface area contributed by atoms with Gasteiger partial charge in [-0.05, 0) is 29.8 Å². The van der Waals surface area contributed by atoms with Crippen molar-refractivity contribution in [1.29, 1.82) is 0 Å². The average Bonchev–Trinajstić information content (AvgIpc) is 2.90. The molecule has 0 saturated carbocycles. The van der Waals surface area contributed by atoms with Crippen LogP contribution in [0.5, 0.6) is 5.75 Å². The highest BCUT2D eigenvalue weighted by Crippen LogP contribution is 2.38. The van der Waals surface area contributed by atoms with Crippen molar-refractivity contribution in [1.82, 2.24) is 4.98 Å². The minimum atomic E-state index is 0. The normalized spacial score (nSPS) is 9.95. The number of benzene rings is 2. The van der Waals surface area contributed by atoms with E-state index >= 15 is 0 Å². The number of nitrogens with zero attached hydrogens (tertiary/aromatic N) is 1. The number of aromatic nitrogens is 1. The predicted octanol–water partition coefficient (Wildman–Crippen LogP) is 4.65. The average molecular weight is 363 g/mol. The second-order valence-corrected chi connectivity index (χ2v) is 5.36. The number of anilines is 1. The van der Waals surface area contributed by atoms with Crippen molar-refractivity contribution in [3.8, 4) is 27.4 Å². The smallest absolute Gasteiger partial charge is 0.181 e. The van der Waals surface area contributed by atoms with Crippen LogP contribution < -0.4 is 10.5 Å². The fourth-order valence-corrected chi connectivity index (χ4v) is 2.93. The van der Waals surface area contributed by atoms with Gasteiger partial charge in [0.2, 0.25) is 0 Å². The Hall–Kier alpha value is -1.85. The second kappa shape index (κ2) is 6.74. The molecule has 0 aliphatic heterocycles. The topological polar surface area (TPSA) is 48.1 Å². The van der Waals surface area contributed by atoms with E-state index in [0.29, 0.717) is 5.13 Å². The van der Waals surface area contributed by atoms with Crippen molar-refractivity contribution >= 4 is 33.4 Å². The standard InChI is InChI=1S/C16H14N2OS.BrH/c1-19-13-9-7-11(8-10-13)14-15(20-16(17)18-14)12-5-3-2-4-6-12;/h2-10H,1H3,(H2,17,18);1H. The van der Waals surface area contributed by atoms with E-state index < -0.39 is 0 Å². The van der Waals surface area contributed by atoms with E-state index in [1.165, 1.54) is 11.3 Å². The van der Waals surface area contributed by atoms with E-state index in [2.05, 4.69) is 17.1 Å². The third-order valence-corrected chi connectivity index (χ3v) is 3.98. The van der Waals surface area contributed by atoms with Gasteiger partial charge >= 0.3 is 0 Å². The lowest BCUT2D eigenvalue weighted by Crippen LogP contribution is -1.86. The lowest BCUT2D eigenvalue weighted by molar-refractivity contribution is 0.415. The molecule has 2 aromatic carbocycles. The van der Waals surface area contributed by atoms with Gasteiger partial charge in [0.1, 0.15) is 5.75 Å². The number of hydrogen-bond acceptors (Lipinski definition) is 4. The first-order valence-electron chi connectivity index (χ1n) is 6.24. The van der Waals surface area contributed by atoms with Gasteiger partial charge in [-0.25, -0.2) is 4.98 Å². The monoisotopic (exact) mass is 362 g/mol. The number of rotatable bonds is 3. The zero-order valence-corrected chi connectivity index (χ0v) is 14.0. The van der Waals surface area contributed by atoms with Gasteiger partial charge in [0, 0.05) is 5.56 Å². The highest BCUT2D eigenvalue weighted by molar-refractivity contribution is 8.93.